The molecule has 3 aliphatic rings. The third-order valence-electron chi connectivity index (χ3n) is 5.81. The molecular weight excluding hydrogens is 294 g/mol. The lowest BCUT2D eigenvalue weighted by molar-refractivity contribution is -0.152. The third kappa shape index (κ3) is 1.60. The number of rotatable bonds is 3. The van der Waals surface area contributed by atoms with Crippen LogP contribution in [-0.2, 0) is 20.9 Å². The molecule has 5 nitrogen and oxygen atoms in total. The lowest BCUT2D eigenvalue weighted by Crippen LogP contribution is -2.51. The van der Waals surface area contributed by atoms with Crippen LogP contribution in [-0.4, -0.2) is 40.1 Å². The minimum Gasteiger partial charge on any atom is -0.481 e. The number of carbonyl (C=O) groups excluding carboxylic acids is 1. The van der Waals surface area contributed by atoms with Crippen molar-refractivity contribution in [3.8, 4) is 0 Å². The fraction of sp³-hybridized carbons (Fsp3) is 0.444. The number of aliphatic carboxylic acids is 1. The smallest absolute Gasteiger partial charge is 0.310 e. The zero-order chi connectivity index (χ0) is 16.4. The number of carboxylic acid groups (broad SMARTS) is 1. The van der Waals surface area contributed by atoms with Gasteiger partial charge < -0.3 is 14.7 Å². The van der Waals surface area contributed by atoms with Crippen LogP contribution in [0.2, 0.25) is 0 Å². The van der Waals surface area contributed by atoms with E-state index in [1.54, 1.807) is 11.8 Å². The lowest BCUT2D eigenvalue weighted by Gasteiger charge is -2.36. The van der Waals surface area contributed by atoms with Gasteiger partial charge in [0, 0.05) is 6.54 Å². The average molecular weight is 313 g/mol. The molecule has 1 aromatic carbocycles. The molecule has 2 saturated heterocycles. The highest BCUT2D eigenvalue weighted by Gasteiger charge is 2.76. The summed E-state index contributed by atoms with van der Waals surface area (Å²) in [5, 5.41) is 9.64. The maximum absolute atomic E-state index is 13.1. The van der Waals surface area contributed by atoms with Crippen molar-refractivity contribution in [2.75, 3.05) is 6.54 Å². The van der Waals surface area contributed by atoms with Crippen LogP contribution in [0, 0.1) is 11.3 Å². The van der Waals surface area contributed by atoms with E-state index in [2.05, 4.69) is 0 Å². The van der Waals surface area contributed by atoms with Gasteiger partial charge in [0.05, 0.1) is 18.1 Å². The fourth-order valence-corrected chi connectivity index (χ4v) is 4.64. The van der Waals surface area contributed by atoms with E-state index in [9.17, 15) is 14.7 Å². The van der Waals surface area contributed by atoms with Crippen molar-refractivity contribution in [2.45, 2.75) is 32.1 Å². The fourth-order valence-electron chi connectivity index (χ4n) is 4.64. The second kappa shape index (κ2) is 4.45. The zero-order valence-corrected chi connectivity index (χ0v) is 13.2. The molecule has 3 heterocycles. The summed E-state index contributed by atoms with van der Waals surface area (Å²) in [6, 6.07) is 9.74. The number of carbonyl (C=O) groups is 2. The van der Waals surface area contributed by atoms with Gasteiger partial charge in [-0.25, -0.2) is 0 Å². The maximum Gasteiger partial charge on any atom is 0.310 e. The van der Waals surface area contributed by atoms with Crippen molar-refractivity contribution in [2.24, 2.45) is 11.3 Å². The number of ether oxygens (including phenoxy) is 1. The van der Waals surface area contributed by atoms with E-state index in [-0.39, 0.29) is 5.91 Å². The van der Waals surface area contributed by atoms with Crippen molar-refractivity contribution in [3.05, 3.63) is 47.5 Å². The predicted octanol–water partition coefficient (Wildman–Crippen LogP) is 1.83. The minimum absolute atomic E-state index is 0.122. The van der Waals surface area contributed by atoms with Crippen molar-refractivity contribution >= 4 is 11.9 Å². The molecule has 5 heteroatoms. The molecule has 0 aliphatic carbocycles. The van der Waals surface area contributed by atoms with Gasteiger partial charge in [-0.2, -0.15) is 0 Å². The molecule has 1 aromatic rings. The van der Waals surface area contributed by atoms with Gasteiger partial charge in [-0.05, 0) is 25.0 Å². The van der Waals surface area contributed by atoms with Gasteiger partial charge in [0.2, 0.25) is 5.91 Å². The number of amides is 1. The molecule has 2 bridgehead atoms. The van der Waals surface area contributed by atoms with Gasteiger partial charge in [-0.3, -0.25) is 9.59 Å². The highest BCUT2D eigenvalue weighted by atomic mass is 16.5. The van der Waals surface area contributed by atoms with Gasteiger partial charge in [-0.15, -0.1) is 0 Å². The molecule has 1 spiro atoms. The number of hydrogen-bond acceptors (Lipinski definition) is 3. The number of likely N-dealkylation sites (tertiary alicyclic amines) is 1. The number of carboxylic acids is 1. The maximum atomic E-state index is 13.1. The monoisotopic (exact) mass is 313 g/mol. The predicted molar refractivity (Wildman–Crippen MR) is 82.5 cm³/mol. The standard InChI is InChI=1S/C18H19NO4/c1-11-8-13-14(15(20)21)17(2)16(22)19(10-18(11,17)23-13)9-12-6-4-3-5-7-12/h3-8,13-14H,9-10H2,1-2H3,(H,20,21)/t13-,14+,17+,18+/m1/s1. The number of fused-ring (bicyclic) bond motifs is 1. The first-order chi connectivity index (χ1) is 10.9. The molecule has 1 N–H and O–H groups in total. The normalized spacial score (nSPS) is 37.9. The Morgan fingerprint density at radius 2 is 2.09 bits per heavy atom. The summed E-state index contributed by atoms with van der Waals surface area (Å²) in [6.45, 7) is 4.59. The van der Waals surface area contributed by atoms with Crippen LogP contribution in [0.15, 0.2) is 42.0 Å². The molecule has 1 amide bonds. The second-order valence-electron chi connectivity index (χ2n) is 6.92. The number of nitrogens with zero attached hydrogens (tertiary/aromatic N) is 1. The Bertz CT molecular complexity index is 728. The molecule has 0 aromatic heterocycles. The molecular formula is C18H19NO4. The van der Waals surface area contributed by atoms with E-state index < -0.39 is 29.0 Å². The first-order valence-electron chi connectivity index (χ1n) is 7.83. The van der Waals surface area contributed by atoms with Crippen molar-refractivity contribution in [3.63, 3.8) is 0 Å². The van der Waals surface area contributed by atoms with Crippen LogP contribution >= 0.6 is 0 Å². The van der Waals surface area contributed by atoms with Crippen molar-refractivity contribution < 1.29 is 19.4 Å². The largest absolute Gasteiger partial charge is 0.481 e. The summed E-state index contributed by atoms with van der Waals surface area (Å²) in [5.41, 5.74) is 0.180. The van der Waals surface area contributed by atoms with E-state index >= 15 is 0 Å². The Hall–Kier alpha value is -2.14. The Kier molecular flexibility index (Phi) is 2.79. The van der Waals surface area contributed by atoms with Crippen molar-refractivity contribution in [1.82, 2.24) is 4.90 Å². The van der Waals surface area contributed by atoms with Crippen LogP contribution < -0.4 is 0 Å². The third-order valence-corrected chi connectivity index (χ3v) is 5.81. The van der Waals surface area contributed by atoms with E-state index in [0.717, 1.165) is 11.1 Å². The van der Waals surface area contributed by atoms with E-state index in [4.69, 9.17) is 4.74 Å². The molecule has 0 saturated carbocycles. The van der Waals surface area contributed by atoms with Crippen LogP contribution in [0.5, 0.6) is 0 Å². The van der Waals surface area contributed by atoms with Crippen LogP contribution in [0.3, 0.4) is 0 Å². The zero-order valence-electron chi connectivity index (χ0n) is 13.2. The molecule has 3 aliphatic heterocycles. The van der Waals surface area contributed by atoms with Crippen LogP contribution in [0.4, 0.5) is 0 Å². The Balaban J connectivity index is 1.74. The summed E-state index contributed by atoms with van der Waals surface area (Å²) in [5.74, 6) is -1.90. The first kappa shape index (κ1) is 14.5. The van der Waals surface area contributed by atoms with E-state index in [1.807, 2.05) is 43.3 Å². The van der Waals surface area contributed by atoms with Crippen molar-refractivity contribution in [1.29, 1.82) is 0 Å². The van der Waals surface area contributed by atoms with Gasteiger partial charge >= 0.3 is 5.97 Å². The number of benzene rings is 1. The topological polar surface area (TPSA) is 66.8 Å². The molecule has 4 atom stereocenters. The van der Waals surface area contributed by atoms with E-state index in [1.165, 1.54) is 0 Å². The Morgan fingerprint density at radius 3 is 2.74 bits per heavy atom. The highest BCUT2D eigenvalue weighted by Crippen LogP contribution is 2.62. The molecule has 120 valence electrons. The molecule has 0 radical (unpaired) electrons. The summed E-state index contributed by atoms with van der Waals surface area (Å²) in [7, 11) is 0. The summed E-state index contributed by atoms with van der Waals surface area (Å²) in [4.78, 5) is 26.6. The van der Waals surface area contributed by atoms with Crippen LogP contribution in [0.25, 0.3) is 0 Å². The van der Waals surface area contributed by atoms with Gasteiger partial charge in [0.15, 0.2) is 0 Å². The van der Waals surface area contributed by atoms with Gasteiger partial charge in [0.25, 0.3) is 0 Å². The summed E-state index contributed by atoms with van der Waals surface area (Å²) < 4.78 is 6.08. The number of hydrogen-bond donors (Lipinski definition) is 1. The Labute approximate surface area is 134 Å². The Morgan fingerprint density at radius 1 is 1.39 bits per heavy atom. The summed E-state index contributed by atoms with van der Waals surface area (Å²) in [6.07, 6.45) is 1.38. The summed E-state index contributed by atoms with van der Waals surface area (Å²) >= 11 is 0. The molecule has 0 unspecified atom stereocenters. The van der Waals surface area contributed by atoms with Crippen LogP contribution in [0.1, 0.15) is 19.4 Å². The quantitative estimate of drug-likeness (QED) is 0.865. The highest BCUT2D eigenvalue weighted by molar-refractivity contribution is 5.94. The van der Waals surface area contributed by atoms with E-state index in [0.29, 0.717) is 13.1 Å². The molecule has 2 fully saturated rings. The minimum atomic E-state index is -1.03. The SMILES string of the molecule is CC1=C[C@H]2O[C@@]13CN(Cc1ccccc1)C(=O)[C@]3(C)[C@@H]2C(=O)O. The van der Waals surface area contributed by atoms with Gasteiger partial charge in [-0.1, -0.05) is 36.4 Å². The second-order valence-corrected chi connectivity index (χ2v) is 6.92. The average Bonchev–Trinajstić information content (AvgIpc) is 3.03. The first-order valence-corrected chi connectivity index (χ1v) is 7.83. The molecule has 4 rings (SSSR count). The molecule has 23 heavy (non-hydrogen) atoms. The van der Waals surface area contributed by atoms with Gasteiger partial charge in [0.1, 0.15) is 11.5 Å². The lowest BCUT2D eigenvalue weighted by atomic mass is 9.62.